The number of esters is 1. The Morgan fingerprint density at radius 2 is 1.38 bits per heavy atom. The Bertz CT molecular complexity index is 1230. The molecule has 0 aliphatic heterocycles. The number of allylic oxidation sites excluding steroid dienone is 1. The number of hydrogen-bond acceptors (Lipinski definition) is 6. The molecule has 0 saturated carbocycles. The van der Waals surface area contributed by atoms with Gasteiger partial charge in [-0.15, -0.1) is 0 Å². The maximum atomic E-state index is 12.0. The third kappa shape index (κ3) is 8.97. The lowest BCUT2D eigenvalue weighted by molar-refractivity contribution is -0.159. The minimum Gasteiger partial charge on any atom is -0.491 e. The van der Waals surface area contributed by atoms with Crippen molar-refractivity contribution < 1.29 is 24.1 Å². The van der Waals surface area contributed by atoms with E-state index < -0.39 is 11.5 Å². The van der Waals surface area contributed by atoms with Gasteiger partial charge in [0, 0.05) is 6.54 Å². The van der Waals surface area contributed by atoms with Crippen molar-refractivity contribution in [3.63, 3.8) is 0 Å². The Balaban J connectivity index is 1.84. The van der Waals surface area contributed by atoms with Gasteiger partial charge in [0.2, 0.25) is 6.79 Å². The maximum Gasteiger partial charge on any atom is 0.314 e. The van der Waals surface area contributed by atoms with Crippen LogP contribution in [0.2, 0.25) is 0 Å². The van der Waals surface area contributed by atoms with Gasteiger partial charge in [-0.25, -0.2) is 0 Å². The molecular formula is C34H43NO5. The minimum atomic E-state index is -0.576. The molecule has 0 radical (unpaired) electrons. The first-order chi connectivity index (χ1) is 19.1. The minimum absolute atomic E-state index is 0.132. The average Bonchev–Trinajstić information content (AvgIpc) is 2.95. The zero-order chi connectivity index (χ0) is 29.1. The van der Waals surface area contributed by atoms with E-state index in [1.165, 1.54) is 5.57 Å². The van der Waals surface area contributed by atoms with E-state index in [1.807, 2.05) is 70.3 Å². The van der Waals surface area contributed by atoms with Crippen LogP contribution in [-0.2, 0) is 9.53 Å². The number of aliphatic hydroxyl groups excluding tert-OH is 1. The Kier molecular flexibility index (Phi) is 11.4. The number of benzene rings is 3. The Morgan fingerprint density at radius 3 is 1.88 bits per heavy atom. The number of carbonyl (C=O) groups is 1. The molecule has 1 N–H and O–H groups in total. The van der Waals surface area contributed by atoms with E-state index in [4.69, 9.17) is 14.2 Å². The third-order valence-corrected chi connectivity index (χ3v) is 6.60. The largest absolute Gasteiger partial charge is 0.491 e. The zero-order valence-corrected chi connectivity index (χ0v) is 24.6. The number of carbonyl (C=O) groups excluding carboxylic acids is 1. The van der Waals surface area contributed by atoms with Crippen molar-refractivity contribution in [2.75, 3.05) is 33.5 Å². The van der Waals surface area contributed by atoms with Crippen LogP contribution in [0.25, 0.3) is 11.1 Å². The molecule has 3 aromatic carbocycles. The van der Waals surface area contributed by atoms with E-state index in [0.717, 1.165) is 35.2 Å². The quantitative estimate of drug-likeness (QED) is 0.147. The molecule has 0 aromatic heterocycles. The molecule has 6 heteroatoms. The molecule has 40 heavy (non-hydrogen) atoms. The second kappa shape index (κ2) is 14.7. The van der Waals surface area contributed by atoms with Gasteiger partial charge < -0.3 is 24.2 Å². The van der Waals surface area contributed by atoms with E-state index in [2.05, 4.69) is 55.1 Å². The lowest BCUT2D eigenvalue weighted by Crippen LogP contribution is -2.32. The van der Waals surface area contributed by atoms with Crippen LogP contribution in [0.5, 0.6) is 11.5 Å². The molecule has 3 rings (SSSR count). The molecule has 0 aliphatic rings. The Morgan fingerprint density at radius 1 is 0.825 bits per heavy atom. The summed E-state index contributed by atoms with van der Waals surface area (Å²) >= 11 is 0. The summed E-state index contributed by atoms with van der Waals surface area (Å²) in [5.41, 5.74) is 5.04. The fourth-order valence-electron chi connectivity index (χ4n) is 4.22. The van der Waals surface area contributed by atoms with Gasteiger partial charge in [0.05, 0.1) is 5.41 Å². The van der Waals surface area contributed by atoms with Crippen LogP contribution in [0.4, 0.5) is 0 Å². The first kappa shape index (κ1) is 30.9. The van der Waals surface area contributed by atoms with Gasteiger partial charge in [-0.3, -0.25) is 4.79 Å². The summed E-state index contributed by atoms with van der Waals surface area (Å²) in [4.78, 5) is 14.1. The molecule has 3 aromatic rings. The highest BCUT2D eigenvalue weighted by atomic mass is 16.7. The van der Waals surface area contributed by atoms with Crippen LogP contribution in [-0.4, -0.2) is 55.6 Å². The molecule has 0 aliphatic carbocycles. The maximum absolute atomic E-state index is 12.0. The third-order valence-electron chi connectivity index (χ3n) is 6.60. The molecule has 0 spiro atoms. The number of ether oxygens (including phenoxy) is 3. The Hall–Kier alpha value is -3.61. The molecule has 1 unspecified atom stereocenters. The zero-order valence-electron chi connectivity index (χ0n) is 24.6. The first-order valence-corrected chi connectivity index (χ1v) is 13.9. The summed E-state index contributed by atoms with van der Waals surface area (Å²) < 4.78 is 16.8. The fraction of sp³-hybridized carbons (Fsp3) is 0.382. The van der Waals surface area contributed by atoms with Crippen LogP contribution in [0, 0.1) is 5.41 Å². The highest BCUT2D eigenvalue weighted by Gasteiger charge is 2.23. The van der Waals surface area contributed by atoms with Gasteiger partial charge in [0.15, 0.2) is 0 Å². The van der Waals surface area contributed by atoms with Crippen molar-refractivity contribution in [3.8, 4) is 11.5 Å². The molecule has 0 bridgehead atoms. The first-order valence-electron chi connectivity index (χ1n) is 13.9. The lowest BCUT2D eigenvalue weighted by atomic mass is 9.88. The molecular weight excluding hydrogens is 502 g/mol. The Labute approximate surface area is 239 Å². The van der Waals surface area contributed by atoms with Gasteiger partial charge in [-0.05, 0) is 92.9 Å². The van der Waals surface area contributed by atoms with E-state index in [-0.39, 0.29) is 19.4 Å². The number of aliphatic hydroxyl groups is 1. The van der Waals surface area contributed by atoms with E-state index in [1.54, 1.807) is 0 Å². The molecule has 0 heterocycles. The topological polar surface area (TPSA) is 68.2 Å². The normalized spacial score (nSPS) is 13.0. The fourth-order valence-corrected chi connectivity index (χ4v) is 4.22. The van der Waals surface area contributed by atoms with Gasteiger partial charge in [-0.1, -0.05) is 68.4 Å². The van der Waals surface area contributed by atoms with Gasteiger partial charge in [0.25, 0.3) is 0 Å². The molecule has 1 atom stereocenters. The van der Waals surface area contributed by atoms with Gasteiger partial charge >= 0.3 is 5.97 Å². The lowest BCUT2D eigenvalue weighted by Gasteiger charge is -2.19. The summed E-state index contributed by atoms with van der Waals surface area (Å²) in [7, 11) is 1.98. The van der Waals surface area contributed by atoms with Crippen LogP contribution >= 0.6 is 0 Å². The van der Waals surface area contributed by atoms with Crippen LogP contribution in [0.3, 0.4) is 0 Å². The number of likely N-dealkylation sites (N-methyl/N-ethyl adjacent to an activating group) is 1. The van der Waals surface area contributed by atoms with Crippen molar-refractivity contribution in [1.29, 1.82) is 0 Å². The number of nitrogens with zero attached hydrogens (tertiary/aromatic N) is 1. The molecule has 0 amide bonds. The summed E-state index contributed by atoms with van der Waals surface area (Å²) in [5.74, 6) is 1.03. The van der Waals surface area contributed by atoms with Crippen LogP contribution in [0.15, 0.2) is 78.9 Å². The molecule has 214 valence electrons. The standard InChI is InChI=1S/C34H43NO5/c1-7-31(25-12-10-9-11-13-25)32(26-14-18-29(19-15-26)38-23-28(36)22-35(6)8-2)27-16-20-30(21-17-27)39-24-40-33(37)34(3,4)5/h9-21,28,36H,7-8,22-24H2,1-6H3. The highest BCUT2D eigenvalue weighted by molar-refractivity contribution is 5.98. The summed E-state index contributed by atoms with van der Waals surface area (Å²) in [5, 5.41) is 10.3. The average molecular weight is 546 g/mol. The highest BCUT2D eigenvalue weighted by Crippen LogP contribution is 2.35. The second-order valence-electron chi connectivity index (χ2n) is 10.9. The van der Waals surface area contributed by atoms with Crippen molar-refractivity contribution in [3.05, 3.63) is 95.6 Å². The van der Waals surface area contributed by atoms with Crippen molar-refractivity contribution in [2.24, 2.45) is 5.41 Å². The van der Waals surface area contributed by atoms with Gasteiger partial charge in [-0.2, -0.15) is 0 Å². The SMILES string of the molecule is CCC(=C(c1ccc(OCOC(=O)C(C)(C)C)cc1)c1ccc(OCC(O)CN(C)CC)cc1)c1ccccc1. The van der Waals surface area contributed by atoms with Crippen LogP contribution < -0.4 is 9.47 Å². The van der Waals surface area contributed by atoms with E-state index in [9.17, 15) is 9.90 Å². The predicted octanol–water partition coefficient (Wildman–Crippen LogP) is 6.67. The van der Waals surface area contributed by atoms with E-state index in [0.29, 0.717) is 18.0 Å². The van der Waals surface area contributed by atoms with Crippen molar-refractivity contribution in [2.45, 2.75) is 47.1 Å². The molecule has 0 saturated heterocycles. The summed E-state index contributed by atoms with van der Waals surface area (Å²) in [6.45, 7) is 11.2. The van der Waals surface area contributed by atoms with Crippen LogP contribution in [0.1, 0.15) is 57.7 Å². The number of rotatable bonds is 13. The van der Waals surface area contributed by atoms with Gasteiger partial charge in [0.1, 0.15) is 24.2 Å². The monoisotopic (exact) mass is 545 g/mol. The van der Waals surface area contributed by atoms with Crippen molar-refractivity contribution in [1.82, 2.24) is 4.90 Å². The van der Waals surface area contributed by atoms with E-state index >= 15 is 0 Å². The summed E-state index contributed by atoms with van der Waals surface area (Å²) in [6, 6.07) is 26.2. The summed E-state index contributed by atoms with van der Waals surface area (Å²) in [6.07, 6.45) is 0.290. The molecule has 6 nitrogen and oxygen atoms in total. The second-order valence-corrected chi connectivity index (χ2v) is 10.9. The molecule has 0 fully saturated rings. The smallest absolute Gasteiger partial charge is 0.314 e. The van der Waals surface area contributed by atoms with Crippen molar-refractivity contribution >= 4 is 17.1 Å². The predicted molar refractivity (Wildman–Crippen MR) is 161 cm³/mol. The number of hydrogen-bond donors (Lipinski definition) is 1.